The highest BCUT2D eigenvalue weighted by molar-refractivity contribution is 6.29. The van der Waals surface area contributed by atoms with E-state index in [1.165, 1.54) is 31.5 Å². The van der Waals surface area contributed by atoms with E-state index in [4.69, 9.17) is 11.6 Å². The van der Waals surface area contributed by atoms with Gasteiger partial charge in [-0.25, -0.2) is 9.78 Å². The maximum absolute atomic E-state index is 12.7. The van der Waals surface area contributed by atoms with Crippen LogP contribution in [-0.2, 0) is 10.9 Å². The summed E-state index contributed by atoms with van der Waals surface area (Å²) in [5, 5.41) is 0.0473. The molecule has 110 valence electrons. The zero-order valence-corrected chi connectivity index (χ0v) is 11.5. The second-order valence-corrected chi connectivity index (χ2v) is 4.51. The van der Waals surface area contributed by atoms with Crippen LogP contribution in [0, 0.1) is 0 Å². The van der Waals surface area contributed by atoms with Gasteiger partial charge in [-0.2, -0.15) is 13.2 Å². The molecule has 0 radical (unpaired) electrons. The monoisotopic (exact) mass is 315 g/mol. The first-order valence-electron chi connectivity index (χ1n) is 5.74. The number of esters is 1. The van der Waals surface area contributed by atoms with Crippen LogP contribution in [0.5, 0.6) is 0 Å². The molecule has 0 atom stereocenters. The van der Waals surface area contributed by atoms with Gasteiger partial charge in [0, 0.05) is 11.8 Å². The molecule has 1 aromatic heterocycles. The van der Waals surface area contributed by atoms with Crippen molar-refractivity contribution in [3.05, 3.63) is 52.8 Å². The van der Waals surface area contributed by atoms with Crippen LogP contribution in [0.15, 0.2) is 36.5 Å². The molecule has 1 aromatic carbocycles. The number of halogens is 4. The summed E-state index contributed by atoms with van der Waals surface area (Å²) in [7, 11) is 1.17. The second kappa shape index (κ2) is 5.73. The fraction of sp³-hybridized carbons (Fsp3) is 0.143. The Labute approximate surface area is 123 Å². The van der Waals surface area contributed by atoms with Gasteiger partial charge in [0.1, 0.15) is 5.15 Å². The van der Waals surface area contributed by atoms with E-state index < -0.39 is 17.7 Å². The SMILES string of the molecule is COC(=O)c1cc(Cl)ncc1-c1cccc(C(F)(F)F)c1. The Balaban J connectivity index is 2.59. The van der Waals surface area contributed by atoms with Crippen LogP contribution in [0.1, 0.15) is 15.9 Å². The fourth-order valence-electron chi connectivity index (χ4n) is 1.80. The molecule has 1 heterocycles. The van der Waals surface area contributed by atoms with Gasteiger partial charge in [0.2, 0.25) is 0 Å². The van der Waals surface area contributed by atoms with Crippen molar-refractivity contribution in [3.8, 4) is 11.1 Å². The van der Waals surface area contributed by atoms with E-state index in [1.807, 2.05) is 0 Å². The molecule has 2 aromatic rings. The minimum Gasteiger partial charge on any atom is -0.465 e. The quantitative estimate of drug-likeness (QED) is 0.615. The van der Waals surface area contributed by atoms with Gasteiger partial charge in [-0.3, -0.25) is 0 Å². The summed E-state index contributed by atoms with van der Waals surface area (Å²) in [5.74, 6) is -0.702. The first-order valence-corrected chi connectivity index (χ1v) is 6.12. The number of rotatable bonds is 2. The Morgan fingerprint density at radius 3 is 2.62 bits per heavy atom. The number of nitrogens with zero attached hydrogens (tertiary/aromatic N) is 1. The third-order valence-electron chi connectivity index (χ3n) is 2.78. The predicted molar refractivity (Wildman–Crippen MR) is 71.0 cm³/mol. The molecular formula is C14H9ClF3NO2. The number of pyridine rings is 1. The van der Waals surface area contributed by atoms with E-state index in [-0.39, 0.29) is 21.8 Å². The maximum Gasteiger partial charge on any atom is 0.416 e. The fourth-order valence-corrected chi connectivity index (χ4v) is 1.96. The summed E-state index contributed by atoms with van der Waals surface area (Å²) in [5.41, 5.74) is -0.339. The molecule has 0 aliphatic heterocycles. The van der Waals surface area contributed by atoms with Crippen molar-refractivity contribution in [2.45, 2.75) is 6.18 Å². The Hall–Kier alpha value is -2.08. The molecule has 0 amide bonds. The molecule has 0 aliphatic rings. The zero-order valence-electron chi connectivity index (χ0n) is 10.7. The molecule has 0 N–H and O–H groups in total. The lowest BCUT2D eigenvalue weighted by Crippen LogP contribution is -2.06. The van der Waals surface area contributed by atoms with Crippen LogP contribution in [0.4, 0.5) is 13.2 Å². The van der Waals surface area contributed by atoms with E-state index in [0.29, 0.717) is 0 Å². The molecule has 0 aliphatic carbocycles. The standard InChI is InChI=1S/C14H9ClF3NO2/c1-21-13(20)10-6-12(15)19-7-11(10)8-3-2-4-9(5-8)14(16,17)18/h2-7H,1H3. The number of hydrogen-bond donors (Lipinski definition) is 0. The molecule has 0 unspecified atom stereocenters. The number of carbonyl (C=O) groups excluding carboxylic acids is 1. The number of aromatic nitrogens is 1. The molecule has 0 fully saturated rings. The molecule has 3 nitrogen and oxygen atoms in total. The average Bonchev–Trinajstić information content (AvgIpc) is 2.45. The molecule has 0 bridgehead atoms. The Morgan fingerprint density at radius 2 is 2.00 bits per heavy atom. The van der Waals surface area contributed by atoms with E-state index in [0.717, 1.165) is 12.1 Å². The highest BCUT2D eigenvalue weighted by atomic mass is 35.5. The molecular weight excluding hydrogens is 307 g/mol. The summed E-state index contributed by atoms with van der Waals surface area (Å²) in [6, 6.07) is 5.85. The van der Waals surface area contributed by atoms with Gasteiger partial charge < -0.3 is 4.74 Å². The summed E-state index contributed by atoms with van der Waals surface area (Å²) < 4.78 is 42.8. The maximum atomic E-state index is 12.7. The first kappa shape index (κ1) is 15.3. The Morgan fingerprint density at radius 1 is 1.29 bits per heavy atom. The predicted octanol–water partition coefficient (Wildman–Crippen LogP) is 4.21. The minimum absolute atomic E-state index is 0.0473. The second-order valence-electron chi connectivity index (χ2n) is 4.12. The molecule has 7 heteroatoms. The molecule has 0 saturated heterocycles. The van der Waals surface area contributed by atoms with E-state index in [1.54, 1.807) is 0 Å². The lowest BCUT2D eigenvalue weighted by Gasteiger charge is -2.11. The first-order chi connectivity index (χ1) is 9.82. The zero-order chi connectivity index (χ0) is 15.6. The van der Waals surface area contributed by atoms with E-state index in [2.05, 4.69) is 9.72 Å². The topological polar surface area (TPSA) is 39.2 Å². The Bertz CT molecular complexity index is 686. The average molecular weight is 316 g/mol. The third kappa shape index (κ3) is 3.33. The van der Waals surface area contributed by atoms with Crippen molar-refractivity contribution in [2.24, 2.45) is 0 Å². The number of alkyl halides is 3. The van der Waals surface area contributed by atoms with Crippen LogP contribution in [0.2, 0.25) is 5.15 Å². The number of carbonyl (C=O) groups is 1. The van der Waals surface area contributed by atoms with Gasteiger partial charge in [-0.05, 0) is 23.8 Å². The van der Waals surface area contributed by atoms with Crippen molar-refractivity contribution in [3.63, 3.8) is 0 Å². The highest BCUT2D eigenvalue weighted by Gasteiger charge is 2.30. The Kier molecular flexibility index (Phi) is 4.18. The van der Waals surface area contributed by atoms with Gasteiger partial charge in [-0.15, -0.1) is 0 Å². The minimum atomic E-state index is -4.47. The van der Waals surface area contributed by atoms with Crippen molar-refractivity contribution in [1.82, 2.24) is 4.98 Å². The van der Waals surface area contributed by atoms with Crippen molar-refractivity contribution >= 4 is 17.6 Å². The number of ether oxygens (including phenoxy) is 1. The molecule has 0 spiro atoms. The van der Waals surface area contributed by atoms with Crippen LogP contribution < -0.4 is 0 Å². The molecule has 0 saturated carbocycles. The van der Waals surface area contributed by atoms with E-state index in [9.17, 15) is 18.0 Å². The van der Waals surface area contributed by atoms with Crippen molar-refractivity contribution in [2.75, 3.05) is 7.11 Å². The van der Waals surface area contributed by atoms with Gasteiger partial charge in [0.05, 0.1) is 18.2 Å². The number of benzene rings is 1. The van der Waals surface area contributed by atoms with Gasteiger partial charge in [0.15, 0.2) is 0 Å². The number of methoxy groups -OCH3 is 1. The molecule has 2 rings (SSSR count). The van der Waals surface area contributed by atoms with Gasteiger partial charge in [0.25, 0.3) is 0 Å². The summed E-state index contributed by atoms with van der Waals surface area (Å²) in [6.45, 7) is 0. The van der Waals surface area contributed by atoms with Gasteiger partial charge in [-0.1, -0.05) is 23.7 Å². The summed E-state index contributed by atoms with van der Waals surface area (Å²) in [4.78, 5) is 15.5. The normalized spacial score (nSPS) is 11.3. The van der Waals surface area contributed by atoms with Crippen LogP contribution in [-0.4, -0.2) is 18.1 Å². The van der Waals surface area contributed by atoms with E-state index >= 15 is 0 Å². The lowest BCUT2D eigenvalue weighted by atomic mass is 10.00. The van der Waals surface area contributed by atoms with Crippen LogP contribution in [0.25, 0.3) is 11.1 Å². The van der Waals surface area contributed by atoms with Crippen LogP contribution in [0.3, 0.4) is 0 Å². The van der Waals surface area contributed by atoms with Crippen LogP contribution >= 0.6 is 11.6 Å². The van der Waals surface area contributed by atoms with Crippen molar-refractivity contribution in [1.29, 1.82) is 0 Å². The number of hydrogen-bond acceptors (Lipinski definition) is 3. The third-order valence-corrected chi connectivity index (χ3v) is 2.98. The summed E-state index contributed by atoms with van der Waals surface area (Å²) in [6.07, 6.45) is -3.23. The summed E-state index contributed by atoms with van der Waals surface area (Å²) >= 11 is 5.71. The highest BCUT2D eigenvalue weighted by Crippen LogP contribution is 2.33. The lowest BCUT2D eigenvalue weighted by molar-refractivity contribution is -0.137. The van der Waals surface area contributed by atoms with Gasteiger partial charge >= 0.3 is 12.1 Å². The largest absolute Gasteiger partial charge is 0.465 e. The smallest absolute Gasteiger partial charge is 0.416 e. The van der Waals surface area contributed by atoms with Crippen molar-refractivity contribution < 1.29 is 22.7 Å². The molecule has 21 heavy (non-hydrogen) atoms.